The van der Waals surface area contributed by atoms with Crippen LogP contribution in [-0.4, -0.2) is 63.2 Å². The van der Waals surface area contributed by atoms with Crippen molar-refractivity contribution in [1.29, 1.82) is 0 Å². The zero-order valence-corrected chi connectivity index (χ0v) is 9.35. The van der Waals surface area contributed by atoms with Gasteiger partial charge in [0.15, 0.2) is 0 Å². The van der Waals surface area contributed by atoms with Crippen LogP contribution >= 0.6 is 0 Å². The molecule has 5 nitrogen and oxygen atoms in total. The minimum absolute atomic E-state index is 0. The molecule has 1 unspecified atom stereocenters. The van der Waals surface area contributed by atoms with E-state index in [-0.39, 0.29) is 48.5 Å². The van der Waals surface area contributed by atoms with E-state index >= 15 is 0 Å². The fourth-order valence-corrected chi connectivity index (χ4v) is 2.31. The molecular weight excluding hydrogens is 255 g/mol. The minimum atomic E-state index is -3.78. The standard InChI is InChI=1S/C10H12O5S.Na.H/c11-16(12,10-8-13-6-7-14-10)15-9-4-2-1-3-5-9;;/h1-5,10H,6-8H2;;. The maximum absolute atomic E-state index is 11.7. The number of hydrogen-bond acceptors (Lipinski definition) is 5. The van der Waals surface area contributed by atoms with Crippen LogP contribution in [0.4, 0.5) is 0 Å². The molecule has 17 heavy (non-hydrogen) atoms. The van der Waals surface area contributed by atoms with Gasteiger partial charge in [0.25, 0.3) is 0 Å². The summed E-state index contributed by atoms with van der Waals surface area (Å²) in [5, 5.41) is 0. The van der Waals surface area contributed by atoms with Gasteiger partial charge in [0.1, 0.15) is 5.75 Å². The van der Waals surface area contributed by atoms with E-state index in [0.29, 0.717) is 6.61 Å². The zero-order chi connectivity index (χ0) is 11.4. The van der Waals surface area contributed by atoms with Gasteiger partial charge in [0, 0.05) is 0 Å². The third-order valence-electron chi connectivity index (χ3n) is 2.06. The Hall–Kier alpha value is -0.110. The second kappa shape index (κ2) is 6.72. The van der Waals surface area contributed by atoms with Gasteiger partial charge in [-0.05, 0) is 12.1 Å². The Morgan fingerprint density at radius 1 is 1.18 bits per heavy atom. The number of ether oxygens (including phenoxy) is 2. The molecular formula is C10H13NaO5S. The monoisotopic (exact) mass is 268 g/mol. The van der Waals surface area contributed by atoms with E-state index in [1.165, 1.54) is 0 Å². The van der Waals surface area contributed by atoms with Crippen LogP contribution < -0.4 is 4.18 Å². The van der Waals surface area contributed by atoms with Crippen LogP contribution in [0.5, 0.6) is 5.75 Å². The Kier molecular flexibility index (Phi) is 5.91. The van der Waals surface area contributed by atoms with Gasteiger partial charge in [-0.3, -0.25) is 0 Å². The Labute approximate surface area is 122 Å². The second-order valence-electron chi connectivity index (χ2n) is 3.26. The van der Waals surface area contributed by atoms with Crippen molar-refractivity contribution in [2.75, 3.05) is 19.8 Å². The van der Waals surface area contributed by atoms with E-state index in [2.05, 4.69) is 0 Å². The fourth-order valence-electron chi connectivity index (χ4n) is 1.30. The van der Waals surface area contributed by atoms with Gasteiger partial charge >= 0.3 is 39.7 Å². The molecule has 1 atom stereocenters. The molecule has 0 aromatic heterocycles. The molecule has 1 aliphatic rings. The summed E-state index contributed by atoms with van der Waals surface area (Å²) in [5.74, 6) is 0.275. The van der Waals surface area contributed by atoms with Crippen molar-refractivity contribution in [2.24, 2.45) is 0 Å². The molecule has 0 saturated carbocycles. The third-order valence-corrected chi connectivity index (χ3v) is 3.40. The van der Waals surface area contributed by atoms with Crippen LogP contribution in [0.2, 0.25) is 0 Å². The second-order valence-corrected chi connectivity index (χ2v) is 4.94. The quantitative estimate of drug-likeness (QED) is 0.575. The predicted molar refractivity (Wildman–Crippen MR) is 63.7 cm³/mol. The normalized spacial score (nSPS) is 20.4. The Balaban J connectivity index is 0.00000144. The topological polar surface area (TPSA) is 61.8 Å². The number of para-hydroxylation sites is 1. The van der Waals surface area contributed by atoms with Crippen molar-refractivity contribution >= 4 is 39.7 Å². The molecule has 1 heterocycles. The Bertz CT molecular complexity index is 427. The van der Waals surface area contributed by atoms with Crippen LogP contribution in [0.3, 0.4) is 0 Å². The van der Waals surface area contributed by atoms with E-state index in [4.69, 9.17) is 13.7 Å². The first kappa shape index (κ1) is 14.9. The number of benzene rings is 1. The summed E-state index contributed by atoms with van der Waals surface area (Å²) in [5.41, 5.74) is -1.04. The molecule has 0 aliphatic carbocycles. The van der Waals surface area contributed by atoms with Crippen molar-refractivity contribution in [3.63, 3.8) is 0 Å². The Morgan fingerprint density at radius 3 is 2.47 bits per heavy atom. The predicted octanol–water partition coefficient (Wildman–Crippen LogP) is 0.120. The molecule has 1 fully saturated rings. The van der Waals surface area contributed by atoms with Crippen LogP contribution in [0.15, 0.2) is 30.3 Å². The average Bonchev–Trinajstić information content (AvgIpc) is 2.31. The molecule has 0 bridgehead atoms. The van der Waals surface area contributed by atoms with Gasteiger partial charge in [-0.15, -0.1) is 0 Å². The summed E-state index contributed by atoms with van der Waals surface area (Å²) >= 11 is 0. The molecule has 1 aromatic rings. The summed E-state index contributed by atoms with van der Waals surface area (Å²) < 4.78 is 38.5. The summed E-state index contributed by atoms with van der Waals surface area (Å²) in [7, 11) is -3.78. The van der Waals surface area contributed by atoms with E-state index in [0.717, 1.165) is 0 Å². The molecule has 7 heteroatoms. The van der Waals surface area contributed by atoms with Gasteiger partial charge < -0.3 is 13.7 Å². The van der Waals surface area contributed by atoms with Crippen molar-refractivity contribution in [1.82, 2.24) is 0 Å². The van der Waals surface area contributed by atoms with Crippen molar-refractivity contribution in [2.45, 2.75) is 5.44 Å². The maximum atomic E-state index is 11.7. The summed E-state index contributed by atoms with van der Waals surface area (Å²) in [6, 6.07) is 8.31. The van der Waals surface area contributed by atoms with Crippen molar-refractivity contribution in [3.05, 3.63) is 30.3 Å². The first-order chi connectivity index (χ1) is 7.68. The SMILES string of the molecule is O=S(=O)(Oc1ccccc1)C1COCCO1.[NaH]. The zero-order valence-electron chi connectivity index (χ0n) is 8.53. The molecule has 90 valence electrons. The molecule has 0 radical (unpaired) electrons. The Morgan fingerprint density at radius 2 is 1.88 bits per heavy atom. The van der Waals surface area contributed by atoms with Gasteiger partial charge in [0.05, 0.1) is 19.8 Å². The molecule has 0 N–H and O–H groups in total. The van der Waals surface area contributed by atoms with Crippen molar-refractivity contribution in [3.8, 4) is 5.75 Å². The van der Waals surface area contributed by atoms with Crippen LogP contribution in [0.1, 0.15) is 0 Å². The van der Waals surface area contributed by atoms with Crippen molar-refractivity contribution < 1.29 is 22.1 Å². The number of rotatable bonds is 3. The molecule has 1 saturated heterocycles. The van der Waals surface area contributed by atoms with E-state index in [1.54, 1.807) is 30.3 Å². The van der Waals surface area contributed by atoms with E-state index in [1.807, 2.05) is 0 Å². The molecule has 2 rings (SSSR count). The number of hydrogen-bond donors (Lipinski definition) is 0. The van der Waals surface area contributed by atoms with Gasteiger partial charge in [-0.2, -0.15) is 8.42 Å². The van der Waals surface area contributed by atoms with Crippen LogP contribution in [-0.2, 0) is 19.6 Å². The van der Waals surface area contributed by atoms with Crippen LogP contribution in [0, 0.1) is 0 Å². The molecule has 1 aromatic carbocycles. The average molecular weight is 268 g/mol. The van der Waals surface area contributed by atoms with Gasteiger partial charge in [-0.25, -0.2) is 0 Å². The molecule has 1 aliphatic heterocycles. The summed E-state index contributed by atoms with van der Waals surface area (Å²) in [4.78, 5) is 0. The third kappa shape index (κ3) is 4.24. The van der Waals surface area contributed by atoms with Gasteiger partial charge in [-0.1, -0.05) is 18.2 Å². The molecule has 0 spiro atoms. The molecule has 0 amide bonds. The van der Waals surface area contributed by atoms with E-state index < -0.39 is 15.6 Å². The van der Waals surface area contributed by atoms with E-state index in [9.17, 15) is 8.42 Å². The van der Waals surface area contributed by atoms with Crippen LogP contribution in [0.25, 0.3) is 0 Å². The first-order valence-electron chi connectivity index (χ1n) is 4.86. The van der Waals surface area contributed by atoms with Gasteiger partial charge in [0.2, 0.25) is 5.44 Å². The fraction of sp³-hybridized carbons (Fsp3) is 0.400. The first-order valence-corrected chi connectivity index (χ1v) is 6.33. The summed E-state index contributed by atoms with van der Waals surface area (Å²) in [6.07, 6.45) is 0. The summed E-state index contributed by atoms with van der Waals surface area (Å²) in [6.45, 7) is 0.689.